The molecule has 1 unspecified atom stereocenters. The summed E-state index contributed by atoms with van der Waals surface area (Å²) in [6.07, 6.45) is 0.669. The molecule has 0 aliphatic heterocycles. The fourth-order valence-electron chi connectivity index (χ4n) is 1.86. The lowest BCUT2D eigenvalue weighted by atomic mass is 10.2. The smallest absolute Gasteiger partial charge is 0.176 e. The van der Waals surface area contributed by atoms with E-state index in [1.807, 2.05) is 18.2 Å². The summed E-state index contributed by atoms with van der Waals surface area (Å²) in [7, 11) is 1.75. The molecule has 1 heterocycles. The number of benzene rings is 1. The van der Waals surface area contributed by atoms with E-state index < -0.39 is 0 Å². The molecule has 1 aromatic carbocycles. The number of ether oxygens (including phenoxy) is 1. The van der Waals surface area contributed by atoms with Gasteiger partial charge in [0.15, 0.2) is 5.82 Å². The molecule has 0 aliphatic carbocycles. The number of tetrazole rings is 1. The van der Waals surface area contributed by atoms with Gasteiger partial charge in [-0.3, -0.25) is 0 Å². The molecule has 0 saturated heterocycles. The Morgan fingerprint density at radius 3 is 2.95 bits per heavy atom. The highest BCUT2D eigenvalue weighted by atomic mass is 35.5. The highest BCUT2D eigenvalue weighted by Gasteiger charge is 2.13. The van der Waals surface area contributed by atoms with Gasteiger partial charge in [-0.25, -0.2) is 0 Å². The molecule has 0 fully saturated rings. The van der Waals surface area contributed by atoms with Crippen molar-refractivity contribution in [1.29, 1.82) is 0 Å². The lowest BCUT2D eigenvalue weighted by Crippen LogP contribution is -2.36. The molecule has 1 N–H and O–H groups in total. The van der Waals surface area contributed by atoms with Crippen molar-refractivity contribution in [2.75, 3.05) is 13.2 Å². The van der Waals surface area contributed by atoms with E-state index in [1.165, 1.54) is 4.80 Å². The Morgan fingerprint density at radius 1 is 1.45 bits per heavy atom. The predicted octanol–water partition coefficient (Wildman–Crippen LogP) is 1.46. The minimum atomic E-state index is 0.128. The van der Waals surface area contributed by atoms with Crippen molar-refractivity contribution in [2.45, 2.75) is 19.4 Å². The first-order chi connectivity index (χ1) is 9.67. The molecule has 6 nitrogen and oxygen atoms in total. The van der Waals surface area contributed by atoms with Gasteiger partial charge in [-0.05, 0) is 30.0 Å². The summed E-state index contributed by atoms with van der Waals surface area (Å²) >= 11 is 5.93. The standard InChI is InChI=1S/C13H18ClN5O/c1-3-15-11(8-13-16-18-19(2)17-13)9-20-12-6-4-5-10(14)7-12/h4-7,11,15H,3,8-9H2,1-2H3. The number of likely N-dealkylation sites (N-methyl/N-ethyl adjacent to an activating group) is 1. The predicted molar refractivity (Wildman–Crippen MR) is 76.9 cm³/mol. The molecule has 20 heavy (non-hydrogen) atoms. The third-order valence-corrected chi connectivity index (χ3v) is 2.95. The largest absolute Gasteiger partial charge is 0.492 e. The zero-order valence-electron chi connectivity index (χ0n) is 11.6. The number of hydrogen-bond donors (Lipinski definition) is 1. The van der Waals surface area contributed by atoms with Gasteiger partial charge < -0.3 is 10.1 Å². The maximum atomic E-state index is 5.93. The van der Waals surface area contributed by atoms with Crippen molar-refractivity contribution in [3.8, 4) is 5.75 Å². The molecule has 108 valence electrons. The normalized spacial score (nSPS) is 12.3. The summed E-state index contributed by atoms with van der Waals surface area (Å²) in [5.74, 6) is 1.46. The highest BCUT2D eigenvalue weighted by Crippen LogP contribution is 2.17. The van der Waals surface area contributed by atoms with Gasteiger partial charge >= 0.3 is 0 Å². The van der Waals surface area contributed by atoms with Crippen molar-refractivity contribution in [3.63, 3.8) is 0 Å². The Kier molecular flexibility index (Phi) is 5.31. The fraction of sp³-hybridized carbons (Fsp3) is 0.462. The van der Waals surface area contributed by atoms with E-state index in [4.69, 9.17) is 16.3 Å². The quantitative estimate of drug-likeness (QED) is 0.838. The van der Waals surface area contributed by atoms with Crippen LogP contribution in [0.3, 0.4) is 0 Å². The molecular weight excluding hydrogens is 278 g/mol. The van der Waals surface area contributed by atoms with Crippen LogP contribution in [0.25, 0.3) is 0 Å². The van der Waals surface area contributed by atoms with Gasteiger partial charge in [0.1, 0.15) is 12.4 Å². The first kappa shape index (κ1) is 14.7. The van der Waals surface area contributed by atoms with Crippen LogP contribution >= 0.6 is 11.6 Å². The minimum absolute atomic E-state index is 0.128. The van der Waals surface area contributed by atoms with E-state index in [-0.39, 0.29) is 6.04 Å². The van der Waals surface area contributed by atoms with Crippen LogP contribution in [0.15, 0.2) is 24.3 Å². The Labute approximate surface area is 123 Å². The van der Waals surface area contributed by atoms with Crippen molar-refractivity contribution in [2.24, 2.45) is 7.05 Å². The highest BCUT2D eigenvalue weighted by molar-refractivity contribution is 6.30. The van der Waals surface area contributed by atoms with E-state index in [0.29, 0.717) is 23.9 Å². The zero-order valence-corrected chi connectivity index (χ0v) is 12.3. The van der Waals surface area contributed by atoms with Gasteiger partial charge in [0, 0.05) is 17.5 Å². The molecule has 7 heteroatoms. The average Bonchev–Trinajstić information content (AvgIpc) is 2.82. The van der Waals surface area contributed by atoms with E-state index in [0.717, 1.165) is 12.3 Å². The van der Waals surface area contributed by atoms with Gasteiger partial charge in [0.05, 0.1) is 7.05 Å². The van der Waals surface area contributed by atoms with E-state index in [9.17, 15) is 0 Å². The van der Waals surface area contributed by atoms with E-state index in [1.54, 1.807) is 13.1 Å². The summed E-state index contributed by atoms with van der Waals surface area (Å²) < 4.78 is 5.75. The van der Waals surface area contributed by atoms with Gasteiger partial charge in [-0.15, -0.1) is 10.2 Å². The average molecular weight is 296 g/mol. The van der Waals surface area contributed by atoms with Crippen LogP contribution in [0.1, 0.15) is 12.7 Å². The van der Waals surface area contributed by atoms with E-state index >= 15 is 0 Å². The first-order valence-corrected chi connectivity index (χ1v) is 6.89. The Bertz CT molecular complexity index is 545. The summed E-state index contributed by atoms with van der Waals surface area (Å²) in [6, 6.07) is 7.49. The lowest BCUT2D eigenvalue weighted by Gasteiger charge is -2.17. The second-order valence-corrected chi connectivity index (χ2v) is 4.86. The lowest BCUT2D eigenvalue weighted by molar-refractivity contribution is 0.263. The second-order valence-electron chi connectivity index (χ2n) is 4.42. The summed E-state index contributed by atoms with van der Waals surface area (Å²) in [5, 5.41) is 16.0. The van der Waals surface area contributed by atoms with Crippen LogP contribution in [0.2, 0.25) is 5.02 Å². The molecule has 2 aromatic rings. The maximum Gasteiger partial charge on any atom is 0.176 e. The number of nitrogens with zero attached hydrogens (tertiary/aromatic N) is 4. The zero-order chi connectivity index (χ0) is 14.4. The number of nitrogens with one attached hydrogen (secondary N) is 1. The van der Waals surface area contributed by atoms with Crippen molar-refractivity contribution in [3.05, 3.63) is 35.1 Å². The van der Waals surface area contributed by atoms with Crippen LogP contribution in [0.5, 0.6) is 5.75 Å². The number of aromatic nitrogens is 4. The molecule has 0 saturated carbocycles. The molecular formula is C13H18ClN5O. The summed E-state index contributed by atoms with van der Waals surface area (Å²) in [6.45, 7) is 3.42. The molecule has 1 atom stereocenters. The molecule has 0 spiro atoms. The summed E-state index contributed by atoms with van der Waals surface area (Å²) in [5.41, 5.74) is 0. The van der Waals surface area contributed by atoms with Crippen molar-refractivity contribution < 1.29 is 4.74 Å². The second kappa shape index (κ2) is 7.21. The van der Waals surface area contributed by atoms with Crippen LogP contribution in [-0.2, 0) is 13.5 Å². The molecule has 0 bridgehead atoms. The first-order valence-electron chi connectivity index (χ1n) is 6.52. The Hall–Kier alpha value is -1.66. The SMILES string of the molecule is CCNC(COc1cccc(Cl)c1)Cc1nnn(C)n1. The van der Waals surface area contributed by atoms with Crippen LogP contribution in [0.4, 0.5) is 0 Å². The summed E-state index contributed by atoms with van der Waals surface area (Å²) in [4.78, 5) is 1.45. The van der Waals surface area contributed by atoms with Crippen LogP contribution in [0, 0.1) is 0 Å². The monoisotopic (exact) mass is 295 g/mol. The fourth-order valence-corrected chi connectivity index (χ4v) is 2.04. The Balaban J connectivity index is 1.91. The van der Waals surface area contributed by atoms with E-state index in [2.05, 4.69) is 27.7 Å². The molecule has 0 aliphatic rings. The third kappa shape index (κ3) is 4.47. The Morgan fingerprint density at radius 2 is 2.30 bits per heavy atom. The number of rotatable bonds is 7. The van der Waals surface area contributed by atoms with Gasteiger partial charge in [0.25, 0.3) is 0 Å². The third-order valence-electron chi connectivity index (χ3n) is 2.72. The topological polar surface area (TPSA) is 64.9 Å². The molecule has 2 rings (SSSR count). The van der Waals surface area contributed by atoms with Crippen molar-refractivity contribution in [1.82, 2.24) is 25.5 Å². The molecule has 0 radical (unpaired) electrons. The van der Waals surface area contributed by atoms with Gasteiger partial charge in [0.2, 0.25) is 0 Å². The van der Waals surface area contributed by atoms with Crippen LogP contribution < -0.4 is 10.1 Å². The molecule has 1 aromatic heterocycles. The maximum absolute atomic E-state index is 5.93. The minimum Gasteiger partial charge on any atom is -0.492 e. The van der Waals surface area contributed by atoms with Gasteiger partial charge in [-0.1, -0.05) is 24.6 Å². The van der Waals surface area contributed by atoms with Gasteiger partial charge in [-0.2, -0.15) is 4.80 Å². The number of aryl methyl sites for hydroxylation is 1. The van der Waals surface area contributed by atoms with Crippen molar-refractivity contribution >= 4 is 11.6 Å². The number of halogens is 1. The van der Waals surface area contributed by atoms with Crippen LogP contribution in [-0.4, -0.2) is 39.4 Å². The number of hydrogen-bond acceptors (Lipinski definition) is 5. The molecule has 0 amide bonds.